The molecule has 0 atom stereocenters. The molecule has 19 heavy (non-hydrogen) atoms. The first kappa shape index (κ1) is 18.2. The average Bonchev–Trinajstić information content (AvgIpc) is 2.39. The second-order valence-electron chi connectivity index (χ2n) is 5.14. The van der Waals surface area contributed by atoms with Gasteiger partial charge >= 0.3 is 0 Å². The molecule has 0 radical (unpaired) electrons. The van der Waals surface area contributed by atoms with E-state index in [-0.39, 0.29) is 0 Å². The Bertz CT molecular complexity index is 231. The summed E-state index contributed by atoms with van der Waals surface area (Å²) in [5.74, 6) is 1.48. The minimum Gasteiger partial charge on any atom is -0.381 e. The molecule has 0 aromatic rings. The van der Waals surface area contributed by atoms with Crippen molar-refractivity contribution < 1.29 is 4.74 Å². The van der Waals surface area contributed by atoms with Crippen LogP contribution in [0.25, 0.3) is 0 Å². The van der Waals surface area contributed by atoms with Crippen LogP contribution in [0.1, 0.15) is 27.2 Å². The Morgan fingerprint density at radius 3 is 2.53 bits per heavy atom. The number of rotatable bonds is 10. The summed E-state index contributed by atoms with van der Waals surface area (Å²) in [4.78, 5) is 6.46. The SMILES string of the molecule is CCN(C)CCNC(=NC)NCCCOCC(C)C. The predicted molar refractivity (Wildman–Crippen MR) is 82.8 cm³/mol. The maximum Gasteiger partial charge on any atom is 0.191 e. The van der Waals surface area contributed by atoms with E-state index in [2.05, 4.69) is 48.3 Å². The van der Waals surface area contributed by atoms with Crippen molar-refractivity contribution in [1.82, 2.24) is 15.5 Å². The van der Waals surface area contributed by atoms with Crippen LogP contribution < -0.4 is 10.6 Å². The third kappa shape index (κ3) is 12.0. The minimum atomic E-state index is 0.609. The van der Waals surface area contributed by atoms with Crippen LogP contribution in [0, 0.1) is 5.92 Å². The van der Waals surface area contributed by atoms with Gasteiger partial charge in [0.25, 0.3) is 0 Å². The van der Waals surface area contributed by atoms with Gasteiger partial charge in [0.1, 0.15) is 0 Å². The van der Waals surface area contributed by atoms with Crippen LogP contribution in [0.5, 0.6) is 0 Å². The van der Waals surface area contributed by atoms with Crippen LogP contribution in [0.4, 0.5) is 0 Å². The maximum absolute atomic E-state index is 5.53. The number of likely N-dealkylation sites (N-methyl/N-ethyl adjacent to an activating group) is 1. The molecule has 5 heteroatoms. The topological polar surface area (TPSA) is 48.9 Å². The Labute approximate surface area is 118 Å². The van der Waals surface area contributed by atoms with Gasteiger partial charge in [0.05, 0.1) is 0 Å². The summed E-state index contributed by atoms with van der Waals surface area (Å²) < 4.78 is 5.53. The van der Waals surface area contributed by atoms with Crippen LogP contribution in [0.15, 0.2) is 4.99 Å². The molecule has 5 nitrogen and oxygen atoms in total. The van der Waals surface area contributed by atoms with Gasteiger partial charge in [-0.2, -0.15) is 0 Å². The quantitative estimate of drug-likeness (QED) is 0.356. The summed E-state index contributed by atoms with van der Waals surface area (Å²) in [5, 5.41) is 6.59. The highest BCUT2D eigenvalue weighted by molar-refractivity contribution is 5.79. The Hall–Kier alpha value is -0.810. The van der Waals surface area contributed by atoms with Gasteiger partial charge in [0, 0.05) is 39.9 Å². The molecule has 0 aliphatic carbocycles. The van der Waals surface area contributed by atoms with Crippen LogP contribution in [-0.4, -0.2) is 64.3 Å². The van der Waals surface area contributed by atoms with Crippen LogP contribution in [0.3, 0.4) is 0 Å². The second kappa shape index (κ2) is 12.2. The fourth-order valence-electron chi connectivity index (χ4n) is 1.44. The third-order valence-corrected chi connectivity index (χ3v) is 2.76. The molecule has 0 spiro atoms. The van der Waals surface area contributed by atoms with Crippen molar-refractivity contribution in [3.63, 3.8) is 0 Å². The molecule has 0 saturated carbocycles. The summed E-state index contributed by atoms with van der Waals surface area (Å²) in [5.41, 5.74) is 0. The molecule has 0 unspecified atom stereocenters. The molecule has 0 aliphatic rings. The highest BCUT2D eigenvalue weighted by Crippen LogP contribution is 1.92. The van der Waals surface area contributed by atoms with Gasteiger partial charge in [-0.05, 0) is 25.9 Å². The number of guanidine groups is 1. The summed E-state index contributed by atoms with van der Waals surface area (Å²) >= 11 is 0. The van der Waals surface area contributed by atoms with E-state index in [0.717, 1.165) is 51.8 Å². The van der Waals surface area contributed by atoms with Gasteiger partial charge in [-0.1, -0.05) is 20.8 Å². The van der Waals surface area contributed by atoms with Gasteiger partial charge in [-0.25, -0.2) is 0 Å². The zero-order valence-corrected chi connectivity index (χ0v) is 13.3. The van der Waals surface area contributed by atoms with Gasteiger partial charge in [0.2, 0.25) is 0 Å². The lowest BCUT2D eigenvalue weighted by Crippen LogP contribution is -2.41. The standard InChI is InChI=1S/C14H32N4O/c1-6-18(5)10-9-17-14(15-4)16-8-7-11-19-12-13(2)3/h13H,6-12H2,1-5H3,(H2,15,16,17). The molecular weight excluding hydrogens is 240 g/mol. The molecular formula is C14H32N4O. The van der Waals surface area contributed by atoms with Crippen molar-refractivity contribution in [2.75, 3.05) is 53.5 Å². The predicted octanol–water partition coefficient (Wildman–Crippen LogP) is 1.17. The first-order valence-electron chi connectivity index (χ1n) is 7.31. The van der Waals surface area contributed by atoms with Crippen LogP contribution in [-0.2, 0) is 4.74 Å². The maximum atomic E-state index is 5.53. The molecule has 0 rings (SSSR count). The Balaban J connectivity index is 3.50. The summed E-state index contributed by atoms with van der Waals surface area (Å²) in [6, 6.07) is 0. The van der Waals surface area contributed by atoms with Crippen molar-refractivity contribution in [1.29, 1.82) is 0 Å². The number of hydrogen-bond acceptors (Lipinski definition) is 3. The van der Waals surface area contributed by atoms with E-state index in [1.807, 2.05) is 0 Å². The number of ether oxygens (including phenoxy) is 1. The van der Waals surface area contributed by atoms with Crippen molar-refractivity contribution in [3.8, 4) is 0 Å². The van der Waals surface area contributed by atoms with Crippen LogP contribution in [0.2, 0.25) is 0 Å². The van der Waals surface area contributed by atoms with Crippen molar-refractivity contribution in [3.05, 3.63) is 0 Å². The van der Waals surface area contributed by atoms with Gasteiger partial charge in [-0.15, -0.1) is 0 Å². The molecule has 0 aliphatic heterocycles. The van der Waals surface area contributed by atoms with E-state index in [4.69, 9.17) is 4.74 Å². The Kier molecular flexibility index (Phi) is 11.7. The van der Waals surface area contributed by atoms with Gasteiger partial charge in [-0.3, -0.25) is 4.99 Å². The summed E-state index contributed by atoms with van der Waals surface area (Å²) in [6.45, 7) is 12.0. The van der Waals surface area contributed by atoms with E-state index >= 15 is 0 Å². The number of nitrogens with one attached hydrogen (secondary N) is 2. The second-order valence-corrected chi connectivity index (χ2v) is 5.14. The highest BCUT2D eigenvalue weighted by atomic mass is 16.5. The zero-order valence-electron chi connectivity index (χ0n) is 13.3. The van der Waals surface area contributed by atoms with Crippen LogP contribution >= 0.6 is 0 Å². The Morgan fingerprint density at radius 1 is 1.26 bits per heavy atom. The number of aliphatic imine (C=N–C) groups is 1. The normalized spacial score (nSPS) is 12.3. The lowest BCUT2D eigenvalue weighted by atomic mass is 10.2. The molecule has 0 bridgehead atoms. The van der Waals surface area contributed by atoms with E-state index in [1.54, 1.807) is 7.05 Å². The molecule has 0 amide bonds. The van der Waals surface area contributed by atoms with E-state index < -0.39 is 0 Å². The Morgan fingerprint density at radius 2 is 1.95 bits per heavy atom. The lowest BCUT2D eigenvalue weighted by Gasteiger charge is -2.16. The zero-order chi connectivity index (χ0) is 14.5. The largest absolute Gasteiger partial charge is 0.381 e. The molecule has 0 saturated heterocycles. The van der Waals surface area contributed by atoms with Crippen molar-refractivity contribution in [2.45, 2.75) is 27.2 Å². The summed E-state index contributed by atoms with van der Waals surface area (Å²) in [6.07, 6.45) is 1.00. The highest BCUT2D eigenvalue weighted by Gasteiger charge is 1.98. The van der Waals surface area contributed by atoms with Gasteiger partial charge < -0.3 is 20.3 Å². The lowest BCUT2D eigenvalue weighted by molar-refractivity contribution is 0.108. The van der Waals surface area contributed by atoms with E-state index in [1.165, 1.54) is 0 Å². The minimum absolute atomic E-state index is 0.609. The number of nitrogens with zero attached hydrogens (tertiary/aromatic N) is 2. The molecule has 0 heterocycles. The fourth-order valence-corrected chi connectivity index (χ4v) is 1.44. The molecule has 114 valence electrons. The third-order valence-electron chi connectivity index (χ3n) is 2.76. The molecule has 0 aromatic heterocycles. The number of hydrogen-bond donors (Lipinski definition) is 2. The smallest absolute Gasteiger partial charge is 0.191 e. The molecule has 0 fully saturated rings. The van der Waals surface area contributed by atoms with E-state index in [0.29, 0.717) is 5.92 Å². The van der Waals surface area contributed by atoms with Crippen molar-refractivity contribution in [2.24, 2.45) is 10.9 Å². The van der Waals surface area contributed by atoms with E-state index in [9.17, 15) is 0 Å². The fraction of sp³-hybridized carbons (Fsp3) is 0.929. The average molecular weight is 272 g/mol. The molecule has 2 N–H and O–H groups in total. The van der Waals surface area contributed by atoms with Gasteiger partial charge in [0.15, 0.2) is 5.96 Å². The monoisotopic (exact) mass is 272 g/mol. The first-order chi connectivity index (χ1) is 9.10. The summed E-state index contributed by atoms with van der Waals surface area (Å²) in [7, 11) is 3.91. The molecule has 0 aromatic carbocycles. The van der Waals surface area contributed by atoms with Crippen molar-refractivity contribution >= 4 is 5.96 Å². The first-order valence-corrected chi connectivity index (χ1v) is 7.31.